The molecule has 18 heavy (non-hydrogen) atoms. The van der Waals surface area contributed by atoms with Crippen LogP contribution >= 0.6 is 0 Å². The predicted octanol–water partition coefficient (Wildman–Crippen LogP) is 1.73. The number of aromatic nitrogens is 2. The van der Waals surface area contributed by atoms with E-state index in [1.165, 1.54) is 6.26 Å². The molecule has 0 atom stereocenters. The third-order valence-electron chi connectivity index (χ3n) is 2.66. The highest BCUT2D eigenvalue weighted by atomic mass is 32.2. The number of hydrogen-bond donors (Lipinski definition) is 2. The molecule has 0 spiro atoms. The molecule has 2 rings (SSSR count). The molecule has 0 aliphatic carbocycles. The van der Waals surface area contributed by atoms with E-state index in [2.05, 4.69) is 15.5 Å². The first kappa shape index (κ1) is 12.6. The number of aryl methyl sites for hydroxylation is 1. The Labute approximate surface area is 106 Å². The van der Waals surface area contributed by atoms with Gasteiger partial charge < -0.3 is 5.32 Å². The fraction of sp³-hybridized carbons (Fsp3) is 0.250. The Hall–Kier alpha value is -1.82. The van der Waals surface area contributed by atoms with Crippen molar-refractivity contribution in [3.63, 3.8) is 0 Å². The van der Waals surface area contributed by atoms with Gasteiger partial charge in [0.05, 0.1) is 17.1 Å². The SMILES string of the molecule is Cc1ccc(S(C)(=O)=O)cc1NCc1ccn[nH]1. The highest BCUT2D eigenvalue weighted by molar-refractivity contribution is 7.90. The monoisotopic (exact) mass is 265 g/mol. The van der Waals surface area contributed by atoms with E-state index < -0.39 is 9.84 Å². The van der Waals surface area contributed by atoms with Crippen molar-refractivity contribution >= 4 is 15.5 Å². The Morgan fingerprint density at radius 3 is 2.72 bits per heavy atom. The lowest BCUT2D eigenvalue weighted by molar-refractivity contribution is 0.602. The van der Waals surface area contributed by atoms with Gasteiger partial charge in [-0.15, -0.1) is 0 Å². The van der Waals surface area contributed by atoms with Gasteiger partial charge in [0.25, 0.3) is 0 Å². The van der Waals surface area contributed by atoms with Gasteiger partial charge in [-0.3, -0.25) is 5.10 Å². The lowest BCUT2D eigenvalue weighted by Gasteiger charge is -2.10. The summed E-state index contributed by atoms with van der Waals surface area (Å²) in [6, 6.07) is 6.93. The summed E-state index contributed by atoms with van der Waals surface area (Å²) in [6.45, 7) is 2.51. The molecule has 0 unspecified atom stereocenters. The molecule has 0 saturated carbocycles. The zero-order valence-electron chi connectivity index (χ0n) is 10.3. The van der Waals surface area contributed by atoms with Crippen LogP contribution < -0.4 is 5.32 Å². The molecular formula is C12H15N3O2S. The van der Waals surface area contributed by atoms with Crippen molar-refractivity contribution in [3.8, 4) is 0 Å². The van der Waals surface area contributed by atoms with Crippen LogP contribution in [-0.4, -0.2) is 24.9 Å². The van der Waals surface area contributed by atoms with Crippen LogP contribution in [0.4, 0.5) is 5.69 Å². The van der Waals surface area contributed by atoms with Crippen LogP contribution in [0, 0.1) is 6.92 Å². The smallest absolute Gasteiger partial charge is 0.175 e. The molecule has 2 aromatic rings. The number of H-pyrrole nitrogens is 1. The molecule has 6 heteroatoms. The van der Waals surface area contributed by atoms with Gasteiger partial charge in [0.15, 0.2) is 9.84 Å². The molecule has 5 nitrogen and oxygen atoms in total. The average Bonchev–Trinajstić information content (AvgIpc) is 2.79. The lowest BCUT2D eigenvalue weighted by atomic mass is 10.2. The Morgan fingerprint density at radius 2 is 2.11 bits per heavy atom. The predicted molar refractivity (Wildman–Crippen MR) is 70.2 cm³/mol. The Bertz CT molecular complexity index is 633. The maximum atomic E-state index is 11.5. The highest BCUT2D eigenvalue weighted by Gasteiger charge is 2.09. The number of anilines is 1. The highest BCUT2D eigenvalue weighted by Crippen LogP contribution is 2.20. The zero-order chi connectivity index (χ0) is 13.2. The molecular weight excluding hydrogens is 250 g/mol. The van der Waals surface area contributed by atoms with E-state index in [0.717, 1.165) is 16.9 Å². The standard InChI is InChI=1S/C12H15N3O2S/c1-9-3-4-11(18(2,16)17)7-12(9)13-8-10-5-6-14-15-10/h3-7,13H,8H2,1-2H3,(H,14,15). The van der Waals surface area contributed by atoms with E-state index in [9.17, 15) is 8.42 Å². The summed E-state index contributed by atoms with van der Waals surface area (Å²) < 4.78 is 23.0. The maximum Gasteiger partial charge on any atom is 0.175 e. The zero-order valence-corrected chi connectivity index (χ0v) is 11.1. The number of aromatic amines is 1. The van der Waals surface area contributed by atoms with Crippen molar-refractivity contribution in [3.05, 3.63) is 41.7 Å². The molecule has 96 valence electrons. The molecule has 1 aromatic heterocycles. The van der Waals surface area contributed by atoms with Crippen LogP contribution in [-0.2, 0) is 16.4 Å². The second-order valence-corrected chi connectivity index (χ2v) is 6.20. The van der Waals surface area contributed by atoms with Crippen molar-refractivity contribution in [1.82, 2.24) is 10.2 Å². The number of sulfone groups is 1. The van der Waals surface area contributed by atoms with E-state index >= 15 is 0 Å². The normalized spacial score (nSPS) is 11.4. The van der Waals surface area contributed by atoms with Gasteiger partial charge in [-0.05, 0) is 30.7 Å². The minimum Gasteiger partial charge on any atom is -0.379 e. The first-order valence-corrected chi connectivity index (χ1v) is 7.39. The number of nitrogens with zero attached hydrogens (tertiary/aromatic N) is 1. The fourth-order valence-electron chi connectivity index (χ4n) is 1.60. The van der Waals surface area contributed by atoms with Crippen molar-refractivity contribution in [1.29, 1.82) is 0 Å². The van der Waals surface area contributed by atoms with Gasteiger partial charge in [-0.25, -0.2) is 8.42 Å². The Kier molecular flexibility index (Phi) is 3.38. The van der Waals surface area contributed by atoms with Crippen LogP contribution in [0.2, 0.25) is 0 Å². The van der Waals surface area contributed by atoms with E-state index in [4.69, 9.17) is 0 Å². The molecule has 0 aliphatic rings. The lowest BCUT2D eigenvalue weighted by Crippen LogP contribution is -2.04. The number of benzene rings is 1. The molecule has 0 radical (unpaired) electrons. The Morgan fingerprint density at radius 1 is 1.33 bits per heavy atom. The second-order valence-electron chi connectivity index (χ2n) is 4.18. The van der Waals surface area contributed by atoms with Gasteiger partial charge in [0.2, 0.25) is 0 Å². The third kappa shape index (κ3) is 2.89. The minimum atomic E-state index is -3.17. The van der Waals surface area contributed by atoms with Crippen LogP contribution in [0.3, 0.4) is 0 Å². The van der Waals surface area contributed by atoms with E-state index in [-0.39, 0.29) is 0 Å². The molecule has 2 N–H and O–H groups in total. The summed E-state index contributed by atoms with van der Waals surface area (Å²) in [5, 5.41) is 9.89. The van der Waals surface area contributed by atoms with Gasteiger partial charge in [0, 0.05) is 18.1 Å². The topological polar surface area (TPSA) is 74.8 Å². The summed E-state index contributed by atoms with van der Waals surface area (Å²) in [6.07, 6.45) is 2.88. The third-order valence-corrected chi connectivity index (χ3v) is 3.78. The van der Waals surface area contributed by atoms with E-state index in [1.807, 2.05) is 13.0 Å². The first-order chi connectivity index (χ1) is 8.47. The molecule has 0 fully saturated rings. The van der Waals surface area contributed by atoms with Crippen LogP contribution in [0.25, 0.3) is 0 Å². The molecule has 0 bridgehead atoms. The average molecular weight is 265 g/mol. The number of rotatable bonds is 4. The maximum absolute atomic E-state index is 11.5. The first-order valence-electron chi connectivity index (χ1n) is 5.49. The van der Waals surface area contributed by atoms with Crippen LogP contribution in [0.15, 0.2) is 35.4 Å². The summed E-state index contributed by atoms with van der Waals surface area (Å²) >= 11 is 0. The van der Waals surface area contributed by atoms with Gasteiger partial charge in [0.1, 0.15) is 0 Å². The van der Waals surface area contributed by atoms with Crippen molar-refractivity contribution in [2.45, 2.75) is 18.4 Å². The summed E-state index contributed by atoms with van der Waals surface area (Å²) in [5.41, 5.74) is 2.76. The number of nitrogens with one attached hydrogen (secondary N) is 2. The van der Waals surface area contributed by atoms with Crippen molar-refractivity contribution in [2.24, 2.45) is 0 Å². The fourth-order valence-corrected chi connectivity index (χ4v) is 2.24. The van der Waals surface area contributed by atoms with Gasteiger partial charge >= 0.3 is 0 Å². The summed E-state index contributed by atoms with van der Waals surface area (Å²) in [7, 11) is -3.17. The van der Waals surface area contributed by atoms with Gasteiger partial charge in [-0.2, -0.15) is 5.10 Å². The quantitative estimate of drug-likeness (QED) is 0.883. The van der Waals surface area contributed by atoms with E-state index in [1.54, 1.807) is 24.4 Å². The summed E-state index contributed by atoms with van der Waals surface area (Å²) in [4.78, 5) is 0.320. The van der Waals surface area contributed by atoms with Gasteiger partial charge in [-0.1, -0.05) is 6.07 Å². The van der Waals surface area contributed by atoms with Crippen LogP contribution in [0.5, 0.6) is 0 Å². The minimum absolute atomic E-state index is 0.320. The molecule has 0 amide bonds. The molecule has 1 aromatic carbocycles. The Balaban J connectivity index is 2.22. The van der Waals surface area contributed by atoms with Crippen molar-refractivity contribution in [2.75, 3.05) is 11.6 Å². The summed E-state index contributed by atoms with van der Waals surface area (Å²) in [5.74, 6) is 0. The van der Waals surface area contributed by atoms with E-state index in [0.29, 0.717) is 11.4 Å². The number of hydrogen-bond acceptors (Lipinski definition) is 4. The van der Waals surface area contributed by atoms with Crippen LogP contribution in [0.1, 0.15) is 11.3 Å². The second kappa shape index (κ2) is 4.81. The largest absolute Gasteiger partial charge is 0.379 e. The molecule has 0 saturated heterocycles. The van der Waals surface area contributed by atoms with Crippen molar-refractivity contribution < 1.29 is 8.42 Å². The molecule has 0 aliphatic heterocycles. The molecule has 1 heterocycles.